The minimum absolute atomic E-state index is 0.110. The van der Waals surface area contributed by atoms with Gasteiger partial charge < -0.3 is 15.8 Å². The highest BCUT2D eigenvalue weighted by Crippen LogP contribution is 2.27. The summed E-state index contributed by atoms with van der Waals surface area (Å²) in [5.74, 6) is 0.0382. The number of para-hydroxylation sites is 1. The summed E-state index contributed by atoms with van der Waals surface area (Å²) in [5, 5.41) is 3.33. The number of nitrogen functional groups attached to an aromatic ring is 1. The van der Waals surface area contributed by atoms with E-state index >= 15 is 0 Å². The summed E-state index contributed by atoms with van der Waals surface area (Å²) >= 11 is 0. The van der Waals surface area contributed by atoms with Gasteiger partial charge in [0.25, 0.3) is 11.5 Å². The first-order chi connectivity index (χ1) is 15.7. The van der Waals surface area contributed by atoms with Gasteiger partial charge in [-0.1, -0.05) is 24.3 Å². The molecule has 4 rings (SSSR count). The predicted octanol–water partition coefficient (Wildman–Crippen LogP) is 3.57. The lowest BCUT2D eigenvalue weighted by Crippen LogP contribution is -2.40. The number of anilines is 1. The Labute approximate surface area is 191 Å². The first kappa shape index (κ1) is 22.0. The van der Waals surface area contributed by atoms with Crippen molar-refractivity contribution in [2.24, 2.45) is 0 Å². The number of benzene rings is 2. The number of fused-ring (bicyclic) bond motifs is 1. The molecular formula is C25H25N5O3. The van der Waals surface area contributed by atoms with Crippen LogP contribution in [-0.4, -0.2) is 33.1 Å². The summed E-state index contributed by atoms with van der Waals surface area (Å²) in [7, 11) is 1.47. The number of pyridine rings is 1. The monoisotopic (exact) mass is 443 g/mol. The van der Waals surface area contributed by atoms with Crippen LogP contribution in [0.5, 0.6) is 5.88 Å². The van der Waals surface area contributed by atoms with E-state index in [1.54, 1.807) is 36.5 Å². The van der Waals surface area contributed by atoms with E-state index in [9.17, 15) is 9.59 Å². The topological polar surface area (TPSA) is 112 Å². The summed E-state index contributed by atoms with van der Waals surface area (Å²) in [4.78, 5) is 34.8. The van der Waals surface area contributed by atoms with E-state index < -0.39 is 5.54 Å². The maximum absolute atomic E-state index is 13.3. The molecule has 168 valence electrons. The van der Waals surface area contributed by atoms with E-state index in [0.717, 1.165) is 0 Å². The lowest BCUT2D eigenvalue weighted by atomic mass is 10.0. The Morgan fingerprint density at radius 1 is 1.06 bits per heavy atom. The molecule has 8 heteroatoms. The van der Waals surface area contributed by atoms with E-state index in [4.69, 9.17) is 10.5 Å². The van der Waals surface area contributed by atoms with E-state index in [-0.39, 0.29) is 23.3 Å². The minimum Gasteiger partial charge on any atom is -0.480 e. The number of nitrogens with two attached hydrogens (primary N) is 1. The second kappa shape index (κ2) is 8.38. The van der Waals surface area contributed by atoms with E-state index in [1.807, 2.05) is 45.0 Å². The first-order valence-electron chi connectivity index (χ1n) is 10.4. The van der Waals surface area contributed by atoms with Gasteiger partial charge in [0, 0.05) is 17.3 Å². The average molecular weight is 444 g/mol. The second-order valence-electron chi connectivity index (χ2n) is 8.66. The van der Waals surface area contributed by atoms with Gasteiger partial charge >= 0.3 is 0 Å². The zero-order valence-electron chi connectivity index (χ0n) is 18.9. The second-order valence-corrected chi connectivity index (χ2v) is 8.66. The van der Waals surface area contributed by atoms with Crippen molar-refractivity contribution in [3.63, 3.8) is 0 Å². The Bertz CT molecular complexity index is 1410. The molecule has 0 unspecified atom stereocenters. The Morgan fingerprint density at radius 2 is 1.79 bits per heavy atom. The Morgan fingerprint density at radius 3 is 2.45 bits per heavy atom. The third-order valence-corrected chi connectivity index (χ3v) is 5.02. The van der Waals surface area contributed by atoms with Crippen LogP contribution in [0.3, 0.4) is 0 Å². The molecule has 3 N–H and O–H groups in total. The normalized spacial score (nSPS) is 11.4. The van der Waals surface area contributed by atoms with Crippen LogP contribution in [0.2, 0.25) is 0 Å². The number of ether oxygens (including phenoxy) is 1. The molecule has 2 heterocycles. The van der Waals surface area contributed by atoms with Crippen LogP contribution in [0.1, 0.15) is 31.1 Å². The van der Waals surface area contributed by atoms with Crippen LogP contribution >= 0.6 is 0 Å². The molecule has 33 heavy (non-hydrogen) atoms. The van der Waals surface area contributed by atoms with Gasteiger partial charge in [0.1, 0.15) is 5.56 Å². The highest BCUT2D eigenvalue weighted by Gasteiger charge is 2.21. The molecule has 0 saturated carbocycles. The van der Waals surface area contributed by atoms with Crippen molar-refractivity contribution in [3.8, 4) is 22.7 Å². The van der Waals surface area contributed by atoms with Crippen LogP contribution < -0.4 is 21.3 Å². The van der Waals surface area contributed by atoms with Crippen LogP contribution in [0.15, 0.2) is 65.6 Å². The number of amides is 1. The Hall–Kier alpha value is -4.20. The molecule has 0 aliphatic carbocycles. The highest BCUT2D eigenvalue weighted by atomic mass is 16.5. The molecular weight excluding hydrogens is 418 g/mol. The molecule has 0 spiro atoms. The van der Waals surface area contributed by atoms with Crippen molar-refractivity contribution in [2.75, 3.05) is 12.8 Å². The first-order valence-corrected chi connectivity index (χ1v) is 10.4. The van der Waals surface area contributed by atoms with Crippen LogP contribution in [-0.2, 0) is 0 Å². The minimum atomic E-state index is -0.421. The van der Waals surface area contributed by atoms with Gasteiger partial charge in [0.05, 0.1) is 23.7 Å². The predicted molar refractivity (Wildman–Crippen MR) is 129 cm³/mol. The number of hydrogen-bond donors (Lipinski definition) is 2. The molecule has 0 radical (unpaired) electrons. The lowest BCUT2D eigenvalue weighted by Gasteiger charge is -2.21. The van der Waals surface area contributed by atoms with E-state index in [0.29, 0.717) is 33.3 Å². The average Bonchev–Trinajstić information content (AvgIpc) is 2.78. The zero-order chi connectivity index (χ0) is 23.8. The van der Waals surface area contributed by atoms with Gasteiger partial charge in [-0.05, 0) is 56.7 Å². The van der Waals surface area contributed by atoms with E-state index in [2.05, 4.69) is 15.3 Å². The molecule has 1 amide bonds. The molecule has 8 nitrogen and oxygen atoms in total. The summed E-state index contributed by atoms with van der Waals surface area (Å²) in [6.45, 7) is 5.69. The zero-order valence-corrected chi connectivity index (χ0v) is 18.9. The summed E-state index contributed by atoms with van der Waals surface area (Å²) in [5.41, 5.74) is 8.19. The molecule has 0 saturated heterocycles. The van der Waals surface area contributed by atoms with Crippen molar-refractivity contribution >= 4 is 22.8 Å². The van der Waals surface area contributed by atoms with Gasteiger partial charge in [-0.2, -0.15) is 0 Å². The fraction of sp³-hybridized carbons (Fsp3) is 0.200. The number of rotatable bonds is 4. The number of hydrogen-bond acceptors (Lipinski definition) is 6. The van der Waals surface area contributed by atoms with Crippen molar-refractivity contribution in [2.45, 2.75) is 26.3 Å². The standard InChI is InChI=1S/C25H25N5O3/c1-25(2,3)29-21(31)19-13-16(14-27-22(19)33-4)15-10-11-20-18(12-15)23(32)30(24(26)28-20)17-8-6-5-7-9-17/h5-14H,1-4H3,(H2,26,28)(H,29,31). The quantitative estimate of drug-likeness (QED) is 0.499. The fourth-order valence-electron chi connectivity index (χ4n) is 3.55. The van der Waals surface area contributed by atoms with Crippen molar-refractivity contribution in [1.82, 2.24) is 19.9 Å². The van der Waals surface area contributed by atoms with Crippen molar-refractivity contribution in [3.05, 3.63) is 76.7 Å². The highest BCUT2D eigenvalue weighted by molar-refractivity contribution is 5.98. The lowest BCUT2D eigenvalue weighted by molar-refractivity contribution is 0.0915. The van der Waals surface area contributed by atoms with Gasteiger partial charge in [-0.3, -0.25) is 9.59 Å². The maximum Gasteiger partial charge on any atom is 0.267 e. The third kappa shape index (κ3) is 4.41. The van der Waals surface area contributed by atoms with Gasteiger partial charge in [-0.15, -0.1) is 0 Å². The largest absolute Gasteiger partial charge is 0.480 e. The molecule has 2 aromatic carbocycles. The molecule has 0 aliphatic rings. The summed E-state index contributed by atoms with van der Waals surface area (Å²) in [6, 6.07) is 16.1. The number of nitrogens with one attached hydrogen (secondary N) is 1. The molecule has 0 fully saturated rings. The van der Waals surface area contributed by atoms with Gasteiger partial charge in [0.15, 0.2) is 0 Å². The van der Waals surface area contributed by atoms with Crippen LogP contribution in [0, 0.1) is 0 Å². The molecule has 2 aromatic heterocycles. The number of nitrogens with zero attached hydrogens (tertiary/aromatic N) is 3. The van der Waals surface area contributed by atoms with Crippen LogP contribution in [0.4, 0.5) is 5.95 Å². The Balaban J connectivity index is 1.85. The van der Waals surface area contributed by atoms with Gasteiger partial charge in [0.2, 0.25) is 11.8 Å². The fourth-order valence-corrected chi connectivity index (χ4v) is 3.55. The third-order valence-electron chi connectivity index (χ3n) is 5.02. The number of aromatic nitrogens is 3. The maximum atomic E-state index is 13.3. The van der Waals surface area contributed by atoms with Gasteiger partial charge in [-0.25, -0.2) is 14.5 Å². The molecule has 4 aromatic rings. The smallest absolute Gasteiger partial charge is 0.267 e. The summed E-state index contributed by atoms with van der Waals surface area (Å²) < 4.78 is 6.67. The Kier molecular flexibility index (Phi) is 5.59. The number of carbonyl (C=O) groups excluding carboxylic acids is 1. The summed E-state index contributed by atoms with van der Waals surface area (Å²) in [6.07, 6.45) is 1.61. The molecule has 0 bridgehead atoms. The number of carbonyl (C=O) groups is 1. The molecule has 0 aliphatic heterocycles. The molecule has 0 atom stereocenters. The van der Waals surface area contributed by atoms with Crippen LogP contribution in [0.25, 0.3) is 27.7 Å². The van der Waals surface area contributed by atoms with Crippen molar-refractivity contribution < 1.29 is 9.53 Å². The van der Waals surface area contributed by atoms with Crippen molar-refractivity contribution in [1.29, 1.82) is 0 Å². The number of methoxy groups -OCH3 is 1. The SMILES string of the molecule is COc1ncc(-c2ccc3nc(N)n(-c4ccccc4)c(=O)c3c2)cc1C(=O)NC(C)(C)C. The van der Waals surface area contributed by atoms with E-state index in [1.165, 1.54) is 11.7 Å².